The molecule has 0 aromatic heterocycles. The summed E-state index contributed by atoms with van der Waals surface area (Å²) < 4.78 is 10.8. The van der Waals surface area contributed by atoms with Gasteiger partial charge < -0.3 is 20.5 Å². The molecule has 23 heavy (non-hydrogen) atoms. The number of hydrogen-bond donors (Lipinski definition) is 2. The van der Waals surface area contributed by atoms with E-state index < -0.39 is 5.92 Å². The van der Waals surface area contributed by atoms with Gasteiger partial charge in [0, 0.05) is 18.3 Å². The molecule has 0 aliphatic heterocycles. The van der Waals surface area contributed by atoms with E-state index in [1.54, 1.807) is 25.3 Å². The first-order chi connectivity index (χ1) is 11.2. The maximum atomic E-state index is 12.5. The van der Waals surface area contributed by atoms with Crippen molar-refractivity contribution in [3.05, 3.63) is 54.1 Å². The summed E-state index contributed by atoms with van der Waals surface area (Å²) >= 11 is 0. The Hall–Kier alpha value is -2.53. The van der Waals surface area contributed by atoms with Crippen molar-refractivity contribution < 1.29 is 14.3 Å². The second kappa shape index (κ2) is 8.19. The molecule has 0 aliphatic carbocycles. The van der Waals surface area contributed by atoms with Gasteiger partial charge in [0.05, 0.1) is 19.6 Å². The standard InChI is InChI=1S/C18H22N2O3/c1-3-23-16-10-9-14(11-17(16)22-2)20-18(21)15(12-19)13-7-5-4-6-8-13/h4-11,15H,3,12,19H2,1-2H3,(H,20,21). The van der Waals surface area contributed by atoms with Gasteiger partial charge in [-0.15, -0.1) is 0 Å². The predicted octanol–water partition coefficient (Wildman–Crippen LogP) is 2.77. The molecule has 0 bridgehead atoms. The molecule has 1 atom stereocenters. The molecule has 1 unspecified atom stereocenters. The summed E-state index contributed by atoms with van der Waals surface area (Å²) in [5, 5.41) is 2.88. The minimum Gasteiger partial charge on any atom is -0.493 e. The first kappa shape index (κ1) is 16.8. The fourth-order valence-electron chi connectivity index (χ4n) is 2.33. The van der Waals surface area contributed by atoms with Crippen LogP contribution in [0.3, 0.4) is 0 Å². The number of methoxy groups -OCH3 is 1. The highest BCUT2D eigenvalue weighted by Crippen LogP contribution is 2.30. The molecule has 0 heterocycles. The van der Waals surface area contributed by atoms with Crippen LogP contribution in [-0.4, -0.2) is 26.2 Å². The third-order valence-corrected chi connectivity index (χ3v) is 3.49. The molecule has 0 fully saturated rings. The number of carbonyl (C=O) groups excluding carboxylic acids is 1. The molecular weight excluding hydrogens is 292 g/mol. The van der Waals surface area contributed by atoms with Gasteiger partial charge in [-0.2, -0.15) is 0 Å². The molecule has 5 nitrogen and oxygen atoms in total. The van der Waals surface area contributed by atoms with E-state index in [1.807, 2.05) is 37.3 Å². The maximum absolute atomic E-state index is 12.5. The summed E-state index contributed by atoms with van der Waals surface area (Å²) in [6, 6.07) is 14.8. The minimum absolute atomic E-state index is 0.148. The van der Waals surface area contributed by atoms with Gasteiger partial charge in [-0.05, 0) is 24.6 Å². The van der Waals surface area contributed by atoms with E-state index in [-0.39, 0.29) is 12.5 Å². The number of carbonyl (C=O) groups is 1. The van der Waals surface area contributed by atoms with E-state index in [0.29, 0.717) is 23.8 Å². The topological polar surface area (TPSA) is 73.6 Å². The van der Waals surface area contributed by atoms with E-state index in [4.69, 9.17) is 15.2 Å². The molecule has 0 aliphatic rings. The van der Waals surface area contributed by atoms with Gasteiger partial charge >= 0.3 is 0 Å². The van der Waals surface area contributed by atoms with E-state index >= 15 is 0 Å². The Balaban J connectivity index is 2.16. The van der Waals surface area contributed by atoms with Gasteiger partial charge in [-0.3, -0.25) is 4.79 Å². The van der Waals surface area contributed by atoms with Crippen molar-refractivity contribution >= 4 is 11.6 Å². The van der Waals surface area contributed by atoms with Gasteiger partial charge in [0.15, 0.2) is 11.5 Å². The Morgan fingerprint density at radius 3 is 2.52 bits per heavy atom. The largest absolute Gasteiger partial charge is 0.493 e. The molecule has 0 saturated carbocycles. The van der Waals surface area contributed by atoms with E-state index in [0.717, 1.165) is 5.56 Å². The molecule has 1 amide bonds. The lowest BCUT2D eigenvalue weighted by atomic mass is 9.98. The first-order valence-electron chi connectivity index (χ1n) is 7.56. The Labute approximate surface area is 136 Å². The summed E-state index contributed by atoms with van der Waals surface area (Å²) in [5.41, 5.74) is 7.31. The highest BCUT2D eigenvalue weighted by atomic mass is 16.5. The molecule has 0 saturated heterocycles. The Bertz CT molecular complexity index is 644. The Morgan fingerprint density at radius 2 is 1.91 bits per heavy atom. The highest BCUT2D eigenvalue weighted by Gasteiger charge is 2.19. The molecule has 3 N–H and O–H groups in total. The third-order valence-electron chi connectivity index (χ3n) is 3.49. The van der Waals surface area contributed by atoms with Gasteiger partial charge in [0.2, 0.25) is 5.91 Å². The molecule has 0 radical (unpaired) electrons. The van der Waals surface area contributed by atoms with E-state index in [9.17, 15) is 4.79 Å². The van der Waals surface area contributed by atoms with Crippen LogP contribution in [0, 0.1) is 0 Å². The van der Waals surface area contributed by atoms with Crippen molar-refractivity contribution in [2.45, 2.75) is 12.8 Å². The lowest BCUT2D eigenvalue weighted by Gasteiger charge is -2.16. The average Bonchev–Trinajstić information content (AvgIpc) is 2.58. The van der Waals surface area contributed by atoms with Gasteiger partial charge in [0.25, 0.3) is 0 Å². The molecule has 2 aromatic carbocycles. The quantitative estimate of drug-likeness (QED) is 0.824. The lowest BCUT2D eigenvalue weighted by Crippen LogP contribution is -2.27. The second-order valence-corrected chi connectivity index (χ2v) is 4.99. The SMILES string of the molecule is CCOc1ccc(NC(=O)C(CN)c2ccccc2)cc1OC. The van der Waals surface area contributed by atoms with Gasteiger partial charge in [-0.1, -0.05) is 30.3 Å². The average molecular weight is 314 g/mol. The summed E-state index contributed by atoms with van der Waals surface area (Å²) in [6.45, 7) is 2.69. The predicted molar refractivity (Wildman–Crippen MR) is 91.0 cm³/mol. The smallest absolute Gasteiger partial charge is 0.233 e. The highest BCUT2D eigenvalue weighted by molar-refractivity contribution is 5.96. The van der Waals surface area contributed by atoms with Gasteiger partial charge in [0.1, 0.15) is 0 Å². The number of anilines is 1. The molecular formula is C18H22N2O3. The van der Waals surface area contributed by atoms with Crippen LogP contribution in [0.4, 0.5) is 5.69 Å². The van der Waals surface area contributed by atoms with Crippen LogP contribution in [0.15, 0.2) is 48.5 Å². The molecule has 5 heteroatoms. The van der Waals surface area contributed by atoms with Crippen molar-refractivity contribution in [2.75, 3.05) is 25.6 Å². The number of rotatable bonds is 7. The van der Waals surface area contributed by atoms with Crippen molar-refractivity contribution in [2.24, 2.45) is 5.73 Å². The Morgan fingerprint density at radius 1 is 1.17 bits per heavy atom. The van der Waals surface area contributed by atoms with Crippen LogP contribution in [0.5, 0.6) is 11.5 Å². The fraction of sp³-hybridized carbons (Fsp3) is 0.278. The van der Waals surface area contributed by atoms with Crippen LogP contribution in [-0.2, 0) is 4.79 Å². The Kier molecular flexibility index (Phi) is 6.00. The van der Waals surface area contributed by atoms with Crippen LogP contribution in [0.25, 0.3) is 0 Å². The molecule has 122 valence electrons. The zero-order valence-electron chi connectivity index (χ0n) is 13.4. The lowest BCUT2D eigenvalue weighted by molar-refractivity contribution is -0.117. The number of benzene rings is 2. The summed E-state index contributed by atoms with van der Waals surface area (Å²) in [5.74, 6) is 0.679. The maximum Gasteiger partial charge on any atom is 0.233 e. The van der Waals surface area contributed by atoms with Crippen molar-refractivity contribution in [1.82, 2.24) is 0 Å². The number of nitrogens with one attached hydrogen (secondary N) is 1. The molecule has 2 rings (SSSR count). The number of nitrogens with two attached hydrogens (primary N) is 1. The van der Waals surface area contributed by atoms with Gasteiger partial charge in [-0.25, -0.2) is 0 Å². The van der Waals surface area contributed by atoms with Crippen molar-refractivity contribution in [3.8, 4) is 11.5 Å². The minimum atomic E-state index is -0.395. The number of hydrogen-bond acceptors (Lipinski definition) is 4. The van der Waals surface area contributed by atoms with Crippen LogP contribution in [0.1, 0.15) is 18.4 Å². The second-order valence-electron chi connectivity index (χ2n) is 4.99. The molecule has 0 spiro atoms. The summed E-state index contributed by atoms with van der Waals surface area (Å²) in [6.07, 6.45) is 0. The molecule has 2 aromatic rings. The number of amides is 1. The van der Waals surface area contributed by atoms with E-state index in [2.05, 4.69) is 5.32 Å². The third kappa shape index (κ3) is 4.23. The van der Waals surface area contributed by atoms with Crippen molar-refractivity contribution in [1.29, 1.82) is 0 Å². The summed E-state index contributed by atoms with van der Waals surface area (Å²) in [7, 11) is 1.57. The van der Waals surface area contributed by atoms with Crippen LogP contribution >= 0.6 is 0 Å². The normalized spacial score (nSPS) is 11.6. The number of ether oxygens (including phenoxy) is 2. The summed E-state index contributed by atoms with van der Waals surface area (Å²) in [4.78, 5) is 12.5. The fourth-order valence-corrected chi connectivity index (χ4v) is 2.33. The monoisotopic (exact) mass is 314 g/mol. The van der Waals surface area contributed by atoms with E-state index in [1.165, 1.54) is 0 Å². The first-order valence-corrected chi connectivity index (χ1v) is 7.56. The van der Waals surface area contributed by atoms with Crippen LogP contribution in [0.2, 0.25) is 0 Å². The van der Waals surface area contributed by atoms with Crippen LogP contribution < -0.4 is 20.5 Å². The zero-order chi connectivity index (χ0) is 16.7. The van der Waals surface area contributed by atoms with Crippen molar-refractivity contribution in [3.63, 3.8) is 0 Å². The zero-order valence-corrected chi connectivity index (χ0v) is 13.4.